The Bertz CT molecular complexity index is 340. The summed E-state index contributed by atoms with van der Waals surface area (Å²) in [5.74, 6) is -1.85. The van der Waals surface area contributed by atoms with Crippen molar-refractivity contribution in [2.45, 2.75) is 0 Å². The van der Waals surface area contributed by atoms with Crippen LogP contribution in [-0.2, 0) is 0 Å². The first-order valence-electron chi connectivity index (χ1n) is 3.01. The van der Waals surface area contributed by atoms with Crippen molar-refractivity contribution >= 4 is 21.8 Å². The van der Waals surface area contributed by atoms with Crippen LogP contribution >= 0.6 is 15.9 Å². The minimum atomic E-state index is -0.876. The standard InChI is InChI=1S/C7H5BrFNO2/c8-6-3(9)1-2-4(11)5(6)7(10)12/h1-2,11H,(H2,10,12). The molecule has 12 heavy (non-hydrogen) atoms. The summed E-state index contributed by atoms with van der Waals surface area (Å²) in [6.45, 7) is 0. The molecule has 0 aromatic heterocycles. The van der Waals surface area contributed by atoms with Crippen molar-refractivity contribution in [2.24, 2.45) is 5.73 Å². The van der Waals surface area contributed by atoms with E-state index in [1.807, 2.05) is 0 Å². The number of benzene rings is 1. The molecule has 0 atom stereocenters. The SMILES string of the molecule is NC(=O)c1c(O)ccc(F)c1Br. The summed E-state index contributed by atoms with van der Waals surface area (Å²) in [5, 5.41) is 9.09. The number of amides is 1. The average Bonchev–Trinajstić information content (AvgIpc) is 1.97. The highest BCUT2D eigenvalue weighted by Gasteiger charge is 2.15. The second-order valence-electron chi connectivity index (χ2n) is 2.12. The Hall–Kier alpha value is -1.10. The topological polar surface area (TPSA) is 63.3 Å². The summed E-state index contributed by atoms with van der Waals surface area (Å²) in [6, 6.07) is 2.10. The Labute approximate surface area is 76.1 Å². The fraction of sp³-hybridized carbons (Fsp3) is 0. The maximum atomic E-state index is 12.8. The van der Waals surface area contributed by atoms with E-state index in [1.54, 1.807) is 0 Å². The van der Waals surface area contributed by atoms with Crippen molar-refractivity contribution in [3.63, 3.8) is 0 Å². The van der Waals surface area contributed by atoms with Gasteiger partial charge in [0.15, 0.2) is 0 Å². The third-order valence-corrected chi connectivity index (χ3v) is 2.09. The number of rotatable bonds is 1. The first-order chi connectivity index (χ1) is 5.54. The van der Waals surface area contributed by atoms with Gasteiger partial charge >= 0.3 is 0 Å². The van der Waals surface area contributed by atoms with Gasteiger partial charge in [0, 0.05) is 0 Å². The quantitative estimate of drug-likeness (QED) is 0.771. The molecule has 0 heterocycles. The average molecular weight is 234 g/mol. The van der Waals surface area contributed by atoms with Gasteiger partial charge in [-0.3, -0.25) is 4.79 Å². The summed E-state index contributed by atoms with van der Waals surface area (Å²) in [7, 11) is 0. The normalized spacial score (nSPS) is 9.83. The van der Waals surface area contributed by atoms with E-state index in [2.05, 4.69) is 15.9 Å². The molecule has 0 aliphatic heterocycles. The predicted molar refractivity (Wildman–Crippen MR) is 44.3 cm³/mol. The van der Waals surface area contributed by atoms with Crippen LogP contribution in [0.2, 0.25) is 0 Å². The molecular weight excluding hydrogens is 229 g/mol. The molecule has 3 nitrogen and oxygen atoms in total. The number of phenols is 1. The fourth-order valence-electron chi connectivity index (χ4n) is 0.775. The van der Waals surface area contributed by atoms with E-state index in [9.17, 15) is 9.18 Å². The molecule has 64 valence electrons. The van der Waals surface area contributed by atoms with Gasteiger partial charge < -0.3 is 10.8 Å². The maximum absolute atomic E-state index is 12.8. The first kappa shape index (κ1) is 8.99. The van der Waals surface area contributed by atoms with Crippen LogP contribution in [0.15, 0.2) is 16.6 Å². The van der Waals surface area contributed by atoms with Crippen LogP contribution in [0.1, 0.15) is 10.4 Å². The number of nitrogens with two attached hydrogens (primary N) is 1. The van der Waals surface area contributed by atoms with Crippen LogP contribution in [-0.4, -0.2) is 11.0 Å². The van der Waals surface area contributed by atoms with E-state index in [0.717, 1.165) is 12.1 Å². The molecule has 1 aromatic rings. The number of carbonyl (C=O) groups is 1. The highest BCUT2D eigenvalue weighted by molar-refractivity contribution is 9.10. The van der Waals surface area contributed by atoms with Gasteiger partial charge in [-0.25, -0.2) is 4.39 Å². The van der Waals surface area contributed by atoms with E-state index < -0.39 is 11.7 Å². The molecule has 0 aliphatic carbocycles. The Kier molecular flexibility index (Phi) is 2.32. The highest BCUT2D eigenvalue weighted by Crippen LogP contribution is 2.27. The van der Waals surface area contributed by atoms with E-state index in [-0.39, 0.29) is 15.8 Å². The smallest absolute Gasteiger partial charge is 0.253 e. The molecule has 1 amide bonds. The molecule has 1 aromatic carbocycles. The van der Waals surface area contributed by atoms with Gasteiger partial charge in [0.2, 0.25) is 0 Å². The predicted octanol–water partition coefficient (Wildman–Crippen LogP) is 1.39. The number of aromatic hydroxyl groups is 1. The molecule has 0 spiro atoms. The monoisotopic (exact) mass is 233 g/mol. The maximum Gasteiger partial charge on any atom is 0.253 e. The Morgan fingerprint density at radius 2 is 2.17 bits per heavy atom. The van der Waals surface area contributed by atoms with Crippen molar-refractivity contribution in [3.8, 4) is 5.75 Å². The van der Waals surface area contributed by atoms with Crippen LogP contribution in [0.25, 0.3) is 0 Å². The van der Waals surface area contributed by atoms with Crippen molar-refractivity contribution in [1.82, 2.24) is 0 Å². The molecule has 0 saturated carbocycles. The molecule has 0 radical (unpaired) electrons. The number of primary amides is 1. The minimum absolute atomic E-state index is 0.116. The Balaban J connectivity index is 3.43. The lowest BCUT2D eigenvalue weighted by Gasteiger charge is -2.02. The van der Waals surface area contributed by atoms with E-state index in [4.69, 9.17) is 10.8 Å². The van der Waals surface area contributed by atoms with Gasteiger partial charge in [-0.1, -0.05) is 0 Å². The van der Waals surface area contributed by atoms with Gasteiger partial charge in [-0.05, 0) is 28.1 Å². The lowest BCUT2D eigenvalue weighted by molar-refractivity contribution is 0.0996. The van der Waals surface area contributed by atoms with Crippen molar-refractivity contribution in [3.05, 3.63) is 28.0 Å². The van der Waals surface area contributed by atoms with Crippen LogP contribution < -0.4 is 5.73 Å². The lowest BCUT2D eigenvalue weighted by atomic mass is 10.2. The van der Waals surface area contributed by atoms with Gasteiger partial charge in [-0.2, -0.15) is 0 Å². The first-order valence-corrected chi connectivity index (χ1v) is 3.80. The fourth-order valence-corrected chi connectivity index (χ4v) is 1.31. The van der Waals surface area contributed by atoms with Crippen LogP contribution in [0, 0.1) is 5.82 Å². The van der Waals surface area contributed by atoms with Crippen molar-refractivity contribution in [1.29, 1.82) is 0 Å². The summed E-state index contributed by atoms with van der Waals surface area (Å²) in [4.78, 5) is 10.7. The van der Waals surface area contributed by atoms with Gasteiger partial charge in [0.1, 0.15) is 11.6 Å². The van der Waals surface area contributed by atoms with Gasteiger partial charge in [0.25, 0.3) is 5.91 Å². The Morgan fingerprint density at radius 3 is 2.58 bits per heavy atom. The zero-order chi connectivity index (χ0) is 9.30. The second-order valence-corrected chi connectivity index (χ2v) is 2.91. The summed E-state index contributed by atoms with van der Waals surface area (Å²) in [6.07, 6.45) is 0. The molecular formula is C7H5BrFNO2. The molecule has 0 unspecified atom stereocenters. The molecule has 0 saturated heterocycles. The Morgan fingerprint density at radius 1 is 1.58 bits per heavy atom. The van der Waals surface area contributed by atoms with Crippen molar-refractivity contribution in [2.75, 3.05) is 0 Å². The number of carbonyl (C=O) groups excluding carboxylic acids is 1. The number of hydrogen-bond donors (Lipinski definition) is 2. The third kappa shape index (κ3) is 1.40. The number of halogens is 2. The molecule has 1 rings (SSSR count). The van der Waals surface area contributed by atoms with Crippen LogP contribution in [0.5, 0.6) is 5.75 Å². The lowest BCUT2D eigenvalue weighted by Crippen LogP contribution is -2.12. The third-order valence-electron chi connectivity index (χ3n) is 1.32. The second kappa shape index (κ2) is 3.10. The summed E-state index contributed by atoms with van der Waals surface area (Å²) >= 11 is 2.80. The zero-order valence-electron chi connectivity index (χ0n) is 5.84. The van der Waals surface area contributed by atoms with Gasteiger partial charge in [0.05, 0.1) is 10.0 Å². The molecule has 0 aliphatic rings. The minimum Gasteiger partial charge on any atom is -0.507 e. The van der Waals surface area contributed by atoms with Crippen LogP contribution in [0.3, 0.4) is 0 Å². The van der Waals surface area contributed by atoms with E-state index in [1.165, 1.54) is 0 Å². The molecule has 3 N–H and O–H groups in total. The summed E-state index contributed by atoms with van der Waals surface area (Å²) in [5.41, 5.74) is 4.65. The zero-order valence-corrected chi connectivity index (χ0v) is 7.43. The highest BCUT2D eigenvalue weighted by atomic mass is 79.9. The largest absolute Gasteiger partial charge is 0.507 e. The van der Waals surface area contributed by atoms with Crippen molar-refractivity contribution < 1.29 is 14.3 Å². The molecule has 0 bridgehead atoms. The summed E-state index contributed by atoms with van der Waals surface area (Å²) < 4.78 is 12.6. The van der Waals surface area contributed by atoms with Gasteiger partial charge in [-0.15, -0.1) is 0 Å². The molecule has 5 heteroatoms. The number of hydrogen-bond acceptors (Lipinski definition) is 2. The van der Waals surface area contributed by atoms with E-state index >= 15 is 0 Å². The van der Waals surface area contributed by atoms with Crippen LogP contribution in [0.4, 0.5) is 4.39 Å². The van der Waals surface area contributed by atoms with E-state index in [0.29, 0.717) is 0 Å². The molecule has 0 fully saturated rings.